The Morgan fingerprint density at radius 2 is 1.91 bits per heavy atom. The van der Waals surface area contributed by atoms with E-state index in [9.17, 15) is 9.59 Å². The summed E-state index contributed by atoms with van der Waals surface area (Å²) < 4.78 is 12.7. The van der Waals surface area contributed by atoms with E-state index in [-0.39, 0.29) is 18.1 Å². The van der Waals surface area contributed by atoms with Gasteiger partial charge in [0.05, 0.1) is 5.69 Å². The number of fused-ring (bicyclic) bond motifs is 1. The molecule has 8 heteroatoms. The van der Waals surface area contributed by atoms with Gasteiger partial charge in [0.25, 0.3) is 5.91 Å². The van der Waals surface area contributed by atoms with E-state index >= 15 is 0 Å². The molecular formula is C25H26BrClN2O4. The molecule has 2 aromatic carbocycles. The summed E-state index contributed by atoms with van der Waals surface area (Å²) in [5.41, 5.74) is 2.35. The van der Waals surface area contributed by atoms with Crippen LogP contribution in [0.2, 0.25) is 5.02 Å². The lowest BCUT2D eigenvalue weighted by Gasteiger charge is -2.33. The monoisotopic (exact) mass is 532 g/mol. The lowest BCUT2D eigenvalue weighted by Crippen LogP contribution is -2.44. The second kappa shape index (κ2) is 9.39. The molecule has 0 atom stereocenters. The minimum Gasteiger partial charge on any atom is -0.490 e. The van der Waals surface area contributed by atoms with Gasteiger partial charge < -0.3 is 19.7 Å². The summed E-state index contributed by atoms with van der Waals surface area (Å²) in [6.45, 7) is 6.73. The summed E-state index contributed by atoms with van der Waals surface area (Å²) in [6.07, 6.45) is 2.91. The number of hydrogen-bond donors (Lipinski definition) is 1. The molecule has 1 fully saturated rings. The first kappa shape index (κ1) is 23.6. The Balaban J connectivity index is 1.50. The molecule has 0 aromatic heterocycles. The smallest absolute Gasteiger partial charge is 0.410 e. The molecule has 0 bridgehead atoms. The fourth-order valence-corrected chi connectivity index (χ4v) is 4.42. The van der Waals surface area contributed by atoms with Gasteiger partial charge in [0, 0.05) is 52.1 Å². The Bertz CT molecular complexity index is 1120. The molecule has 0 spiro atoms. The highest BCUT2D eigenvalue weighted by Gasteiger charge is 2.29. The average Bonchev–Trinajstić information content (AvgIpc) is 3.03. The average molecular weight is 534 g/mol. The number of anilines is 1. The molecule has 2 aliphatic heterocycles. The number of amides is 2. The van der Waals surface area contributed by atoms with E-state index in [2.05, 4.69) is 21.2 Å². The second-order valence-corrected chi connectivity index (χ2v) is 10.5. The topological polar surface area (TPSA) is 67.9 Å². The van der Waals surface area contributed by atoms with Crippen LogP contribution in [0, 0.1) is 0 Å². The van der Waals surface area contributed by atoms with Gasteiger partial charge in [-0.05, 0) is 57.2 Å². The molecule has 33 heavy (non-hydrogen) atoms. The highest BCUT2D eigenvalue weighted by Crippen LogP contribution is 2.37. The summed E-state index contributed by atoms with van der Waals surface area (Å²) in [5, 5.41) is 3.43. The molecule has 1 saturated heterocycles. The van der Waals surface area contributed by atoms with Gasteiger partial charge in [-0.3, -0.25) is 4.79 Å². The minimum absolute atomic E-state index is 0.0366. The zero-order valence-corrected chi connectivity index (χ0v) is 21.1. The number of ether oxygens (including phenoxy) is 2. The third-order valence-corrected chi connectivity index (χ3v) is 6.15. The van der Waals surface area contributed by atoms with E-state index in [0.29, 0.717) is 48.0 Å². The molecule has 174 valence electrons. The third kappa shape index (κ3) is 5.71. The first-order chi connectivity index (χ1) is 15.6. The number of piperidine rings is 1. The van der Waals surface area contributed by atoms with E-state index in [0.717, 1.165) is 15.6 Å². The van der Waals surface area contributed by atoms with Crippen LogP contribution in [0.15, 0.2) is 40.9 Å². The predicted octanol–water partition coefficient (Wildman–Crippen LogP) is 6.37. The second-order valence-electron chi connectivity index (χ2n) is 9.17. The Kier molecular flexibility index (Phi) is 6.73. The summed E-state index contributed by atoms with van der Waals surface area (Å²) in [6, 6.07) is 11.1. The van der Waals surface area contributed by atoms with E-state index in [1.165, 1.54) is 0 Å². The number of hydrogen-bond acceptors (Lipinski definition) is 4. The van der Waals surface area contributed by atoms with Gasteiger partial charge in [-0.15, -0.1) is 0 Å². The maximum Gasteiger partial charge on any atom is 0.410 e. The fraction of sp³-hybridized carbons (Fsp3) is 0.360. The summed E-state index contributed by atoms with van der Waals surface area (Å²) in [5.74, 6) is 0.514. The fourth-order valence-electron chi connectivity index (χ4n) is 3.87. The summed E-state index contributed by atoms with van der Waals surface area (Å²) >= 11 is 9.58. The summed E-state index contributed by atoms with van der Waals surface area (Å²) in [4.78, 5) is 26.7. The Hall–Kier alpha value is -2.51. The Morgan fingerprint density at radius 1 is 1.18 bits per heavy atom. The van der Waals surface area contributed by atoms with Crippen LogP contribution in [-0.2, 0) is 9.53 Å². The quantitative estimate of drug-likeness (QED) is 0.465. The van der Waals surface area contributed by atoms with Crippen molar-refractivity contribution in [1.29, 1.82) is 0 Å². The van der Waals surface area contributed by atoms with Gasteiger partial charge in [0.2, 0.25) is 0 Å². The van der Waals surface area contributed by atoms with Crippen LogP contribution in [0.4, 0.5) is 10.5 Å². The number of benzene rings is 2. The molecule has 4 rings (SSSR count). The highest BCUT2D eigenvalue weighted by atomic mass is 79.9. The lowest BCUT2D eigenvalue weighted by molar-refractivity contribution is -0.110. The molecule has 2 heterocycles. The van der Waals surface area contributed by atoms with Crippen molar-refractivity contribution in [2.75, 3.05) is 18.4 Å². The molecule has 2 aliphatic rings. The van der Waals surface area contributed by atoms with E-state index in [4.69, 9.17) is 21.1 Å². The maximum absolute atomic E-state index is 12.6. The van der Waals surface area contributed by atoms with Crippen molar-refractivity contribution in [1.82, 2.24) is 4.90 Å². The van der Waals surface area contributed by atoms with Crippen LogP contribution in [0.3, 0.4) is 0 Å². The van der Waals surface area contributed by atoms with Gasteiger partial charge in [-0.25, -0.2) is 4.79 Å². The zero-order chi connectivity index (χ0) is 23.8. The first-order valence-electron chi connectivity index (χ1n) is 10.9. The van der Waals surface area contributed by atoms with Crippen LogP contribution in [-0.4, -0.2) is 41.7 Å². The number of carbonyl (C=O) groups excluding carboxylic acids is 2. The molecular weight excluding hydrogens is 508 g/mol. The molecule has 0 radical (unpaired) electrons. The SMILES string of the molecule is CC(C)(C)OC(=O)N1CCC(Oc2ccc(Br)cc2C=C2C(=O)Nc3cc(Cl)ccc32)CC1. The highest BCUT2D eigenvalue weighted by molar-refractivity contribution is 9.10. The summed E-state index contributed by atoms with van der Waals surface area (Å²) in [7, 11) is 0. The van der Waals surface area contributed by atoms with Crippen molar-refractivity contribution >= 4 is 56.9 Å². The van der Waals surface area contributed by atoms with Crippen LogP contribution in [0.1, 0.15) is 44.7 Å². The zero-order valence-electron chi connectivity index (χ0n) is 18.8. The lowest BCUT2D eigenvalue weighted by atomic mass is 10.0. The van der Waals surface area contributed by atoms with Crippen molar-refractivity contribution in [3.8, 4) is 5.75 Å². The number of halogens is 2. The largest absolute Gasteiger partial charge is 0.490 e. The van der Waals surface area contributed by atoms with E-state index < -0.39 is 5.60 Å². The number of likely N-dealkylation sites (tertiary alicyclic amines) is 1. The standard InChI is InChI=1S/C25H26BrClN2O4/c1-25(2,3)33-24(31)29-10-8-18(9-11-29)32-22-7-4-16(26)12-15(22)13-20-19-6-5-17(27)14-21(19)28-23(20)30/h4-7,12-14,18H,8-11H2,1-3H3,(H,28,30). The van der Waals surface area contributed by atoms with Gasteiger partial charge >= 0.3 is 6.09 Å². The number of nitrogens with one attached hydrogen (secondary N) is 1. The van der Waals surface area contributed by atoms with Gasteiger partial charge in [-0.1, -0.05) is 33.6 Å². The van der Waals surface area contributed by atoms with Crippen molar-refractivity contribution in [2.24, 2.45) is 0 Å². The van der Waals surface area contributed by atoms with Crippen LogP contribution >= 0.6 is 27.5 Å². The minimum atomic E-state index is -0.513. The van der Waals surface area contributed by atoms with Crippen molar-refractivity contribution in [3.05, 3.63) is 57.0 Å². The molecule has 0 aliphatic carbocycles. The molecule has 0 unspecified atom stereocenters. The molecule has 0 saturated carbocycles. The number of rotatable bonds is 3. The third-order valence-electron chi connectivity index (χ3n) is 5.42. The van der Waals surface area contributed by atoms with Crippen molar-refractivity contribution < 1.29 is 19.1 Å². The predicted molar refractivity (Wildman–Crippen MR) is 134 cm³/mol. The van der Waals surface area contributed by atoms with Crippen LogP contribution < -0.4 is 10.1 Å². The molecule has 6 nitrogen and oxygen atoms in total. The van der Waals surface area contributed by atoms with Gasteiger partial charge in [0.15, 0.2) is 0 Å². The van der Waals surface area contributed by atoms with E-state index in [1.54, 1.807) is 17.0 Å². The Morgan fingerprint density at radius 3 is 2.61 bits per heavy atom. The number of nitrogens with zero attached hydrogens (tertiary/aromatic N) is 1. The number of carbonyl (C=O) groups is 2. The molecule has 1 N–H and O–H groups in total. The normalized spacial score (nSPS) is 17.7. The maximum atomic E-state index is 12.6. The van der Waals surface area contributed by atoms with Crippen molar-refractivity contribution in [2.45, 2.75) is 45.3 Å². The Labute approximate surface area is 207 Å². The van der Waals surface area contributed by atoms with Crippen molar-refractivity contribution in [3.63, 3.8) is 0 Å². The van der Waals surface area contributed by atoms with Gasteiger partial charge in [0.1, 0.15) is 17.5 Å². The van der Waals surface area contributed by atoms with E-state index in [1.807, 2.05) is 51.1 Å². The van der Waals surface area contributed by atoms with Gasteiger partial charge in [-0.2, -0.15) is 0 Å². The van der Waals surface area contributed by atoms with Crippen LogP contribution in [0.25, 0.3) is 11.6 Å². The first-order valence-corrected chi connectivity index (χ1v) is 12.0. The molecule has 2 aromatic rings. The molecule has 2 amide bonds. The van der Waals surface area contributed by atoms with Crippen LogP contribution in [0.5, 0.6) is 5.75 Å².